The van der Waals surface area contributed by atoms with Gasteiger partial charge in [-0.3, -0.25) is 9.59 Å². The Morgan fingerprint density at radius 1 is 0.821 bits per heavy atom. The minimum absolute atomic E-state index is 0.00835. The first-order valence-electron chi connectivity index (χ1n) is 12.6. The Labute approximate surface area is 234 Å². The summed E-state index contributed by atoms with van der Waals surface area (Å²) >= 11 is 5.95. The van der Waals surface area contributed by atoms with Crippen molar-refractivity contribution in [3.05, 3.63) is 107 Å². The van der Waals surface area contributed by atoms with Crippen molar-refractivity contribution in [3.63, 3.8) is 0 Å². The van der Waals surface area contributed by atoms with Crippen LogP contribution >= 0.6 is 11.6 Å². The molecule has 6 nitrogen and oxygen atoms in total. The summed E-state index contributed by atoms with van der Waals surface area (Å²) in [5, 5.41) is 7.41. The molecule has 0 saturated heterocycles. The fourth-order valence-corrected chi connectivity index (χ4v) is 6.65. The van der Waals surface area contributed by atoms with E-state index in [-0.39, 0.29) is 17.1 Å². The normalized spacial score (nSPS) is 12.6. The molecule has 0 saturated carbocycles. The molecule has 8 heteroatoms. The second-order valence-corrected chi connectivity index (χ2v) is 13.1. The SMILES string of the molecule is CC(C)(C)CS(=O)(=O)c1cccc2c(NC(=O)[C@H](Cc3ccccc3)NC(=O)c3ccc(Cl)cc3)cccc12. The first-order chi connectivity index (χ1) is 18.4. The van der Waals surface area contributed by atoms with Gasteiger partial charge in [0.1, 0.15) is 6.04 Å². The van der Waals surface area contributed by atoms with Crippen LogP contribution in [0.2, 0.25) is 5.02 Å². The molecule has 39 heavy (non-hydrogen) atoms. The Morgan fingerprint density at radius 2 is 1.46 bits per heavy atom. The molecule has 0 spiro atoms. The molecule has 0 heterocycles. The maximum absolute atomic E-state index is 13.6. The van der Waals surface area contributed by atoms with Gasteiger partial charge in [-0.1, -0.05) is 87.0 Å². The lowest BCUT2D eigenvalue weighted by Gasteiger charge is -2.21. The molecule has 4 aromatic rings. The van der Waals surface area contributed by atoms with E-state index >= 15 is 0 Å². The van der Waals surface area contributed by atoms with Gasteiger partial charge in [0.15, 0.2) is 9.84 Å². The number of amides is 2. The third kappa shape index (κ3) is 7.25. The first-order valence-corrected chi connectivity index (χ1v) is 14.6. The van der Waals surface area contributed by atoms with Crippen molar-refractivity contribution in [2.75, 3.05) is 11.1 Å². The summed E-state index contributed by atoms with van der Waals surface area (Å²) in [5.41, 5.74) is 1.30. The lowest BCUT2D eigenvalue weighted by molar-refractivity contribution is -0.118. The lowest BCUT2D eigenvalue weighted by atomic mass is 10.0. The maximum atomic E-state index is 13.6. The number of carbonyl (C=O) groups excluding carboxylic acids is 2. The summed E-state index contributed by atoms with van der Waals surface area (Å²) in [6, 6.07) is 25.2. The van der Waals surface area contributed by atoms with Gasteiger partial charge >= 0.3 is 0 Å². The number of nitrogens with one attached hydrogen (secondary N) is 2. The van der Waals surface area contributed by atoms with Gasteiger partial charge in [-0.25, -0.2) is 8.42 Å². The van der Waals surface area contributed by atoms with Gasteiger partial charge in [0, 0.05) is 33.5 Å². The number of fused-ring (bicyclic) bond motifs is 1. The topological polar surface area (TPSA) is 92.3 Å². The van der Waals surface area contributed by atoms with Gasteiger partial charge in [0.25, 0.3) is 5.91 Å². The van der Waals surface area contributed by atoms with Gasteiger partial charge < -0.3 is 10.6 Å². The fraction of sp³-hybridized carbons (Fsp3) is 0.226. The van der Waals surface area contributed by atoms with Gasteiger partial charge in [0.2, 0.25) is 5.91 Å². The number of carbonyl (C=O) groups is 2. The van der Waals surface area contributed by atoms with Crippen molar-refractivity contribution in [1.29, 1.82) is 0 Å². The predicted molar refractivity (Wildman–Crippen MR) is 157 cm³/mol. The molecule has 4 rings (SSSR count). The smallest absolute Gasteiger partial charge is 0.251 e. The second kappa shape index (κ2) is 11.6. The van der Waals surface area contributed by atoms with Crippen LogP contribution in [0.1, 0.15) is 36.7 Å². The highest BCUT2D eigenvalue weighted by Crippen LogP contribution is 2.31. The lowest BCUT2D eigenvalue weighted by Crippen LogP contribution is -2.45. The van der Waals surface area contributed by atoms with Gasteiger partial charge in [-0.2, -0.15) is 0 Å². The van der Waals surface area contributed by atoms with E-state index in [4.69, 9.17) is 11.6 Å². The van der Waals surface area contributed by atoms with Crippen LogP contribution in [0, 0.1) is 5.41 Å². The second-order valence-electron chi connectivity index (χ2n) is 10.7. The summed E-state index contributed by atoms with van der Waals surface area (Å²) in [6.07, 6.45) is 0.266. The van der Waals surface area contributed by atoms with E-state index in [1.165, 1.54) is 0 Å². The van der Waals surface area contributed by atoms with Crippen LogP contribution in [0.4, 0.5) is 5.69 Å². The highest BCUT2D eigenvalue weighted by molar-refractivity contribution is 7.91. The van der Waals surface area contributed by atoms with E-state index in [1.54, 1.807) is 60.7 Å². The van der Waals surface area contributed by atoms with E-state index in [0.717, 1.165) is 5.56 Å². The summed E-state index contributed by atoms with van der Waals surface area (Å²) in [4.78, 5) is 26.8. The molecular formula is C31H31ClN2O4S. The van der Waals surface area contributed by atoms with Gasteiger partial charge in [-0.05, 0) is 47.4 Å². The Bertz CT molecular complexity index is 1600. The summed E-state index contributed by atoms with van der Waals surface area (Å²) in [6.45, 7) is 5.64. The molecule has 202 valence electrons. The van der Waals surface area contributed by atoms with E-state index in [1.807, 2.05) is 51.1 Å². The molecule has 2 amide bonds. The molecule has 2 N–H and O–H groups in total. The van der Waals surface area contributed by atoms with Crippen LogP contribution in [0.3, 0.4) is 0 Å². The summed E-state index contributed by atoms with van der Waals surface area (Å²) in [7, 11) is -3.58. The van der Waals surface area contributed by atoms with E-state index in [2.05, 4.69) is 10.6 Å². The molecule has 0 bridgehead atoms. The van der Waals surface area contributed by atoms with Crippen molar-refractivity contribution in [2.45, 2.75) is 38.1 Å². The number of anilines is 1. The molecule has 0 radical (unpaired) electrons. The zero-order valence-electron chi connectivity index (χ0n) is 22.1. The summed E-state index contributed by atoms with van der Waals surface area (Å²) in [5.74, 6) is -0.834. The molecule has 4 aromatic carbocycles. The standard InChI is InChI=1S/C31H31ClN2O4S/c1-31(2,3)20-39(37,38)28-14-8-11-24-25(28)12-7-13-26(24)33-30(36)27(19-21-9-5-4-6-10-21)34-29(35)22-15-17-23(32)18-16-22/h4-18,27H,19-20H2,1-3H3,(H,33,36)(H,34,35)/t27-/m0/s1. The molecule has 0 unspecified atom stereocenters. The third-order valence-corrected chi connectivity index (χ3v) is 8.63. The Kier molecular flexibility index (Phi) is 8.42. The predicted octanol–water partition coefficient (Wildman–Crippen LogP) is 6.29. The highest BCUT2D eigenvalue weighted by Gasteiger charge is 2.26. The van der Waals surface area contributed by atoms with E-state index in [9.17, 15) is 18.0 Å². The zero-order valence-corrected chi connectivity index (χ0v) is 23.6. The van der Waals surface area contributed by atoms with Crippen molar-refractivity contribution >= 4 is 49.7 Å². The minimum atomic E-state index is -3.58. The maximum Gasteiger partial charge on any atom is 0.251 e. The van der Waals surface area contributed by atoms with Gasteiger partial charge in [0.05, 0.1) is 10.6 Å². The molecule has 0 aliphatic heterocycles. The summed E-state index contributed by atoms with van der Waals surface area (Å²) < 4.78 is 26.5. The number of benzene rings is 4. The number of halogens is 1. The quantitative estimate of drug-likeness (QED) is 0.264. The van der Waals surface area contributed by atoms with Crippen molar-refractivity contribution < 1.29 is 18.0 Å². The highest BCUT2D eigenvalue weighted by atomic mass is 35.5. The average Bonchev–Trinajstić information content (AvgIpc) is 2.87. The van der Waals surface area contributed by atoms with Crippen molar-refractivity contribution in [3.8, 4) is 0 Å². The van der Waals surface area contributed by atoms with Crippen LogP contribution in [-0.2, 0) is 21.1 Å². The van der Waals surface area contributed by atoms with Crippen molar-refractivity contribution in [2.24, 2.45) is 5.41 Å². The van der Waals surface area contributed by atoms with Crippen LogP contribution in [0.15, 0.2) is 95.9 Å². The number of hydrogen-bond donors (Lipinski definition) is 2. The van der Waals surface area contributed by atoms with Crippen molar-refractivity contribution in [1.82, 2.24) is 5.32 Å². The molecule has 0 aliphatic carbocycles. The van der Waals surface area contributed by atoms with Crippen LogP contribution in [0.25, 0.3) is 10.8 Å². The number of sulfone groups is 1. The Hall–Kier alpha value is -3.68. The van der Waals surface area contributed by atoms with E-state index < -0.39 is 33.1 Å². The monoisotopic (exact) mass is 562 g/mol. The molecule has 0 aromatic heterocycles. The molecule has 1 atom stereocenters. The van der Waals surface area contributed by atoms with E-state index in [0.29, 0.717) is 27.0 Å². The molecule has 0 aliphatic rings. The molecular weight excluding hydrogens is 532 g/mol. The zero-order chi connectivity index (χ0) is 28.2. The number of rotatable bonds is 8. The number of hydrogen-bond acceptors (Lipinski definition) is 4. The average molecular weight is 563 g/mol. The molecule has 0 fully saturated rings. The van der Waals surface area contributed by atoms with Crippen LogP contribution < -0.4 is 10.6 Å². The Morgan fingerprint density at radius 3 is 2.13 bits per heavy atom. The van der Waals surface area contributed by atoms with Crippen LogP contribution in [-0.4, -0.2) is 32.0 Å². The fourth-order valence-electron chi connectivity index (χ4n) is 4.43. The Balaban J connectivity index is 1.65. The first kappa shape index (κ1) is 28.3. The minimum Gasteiger partial charge on any atom is -0.340 e. The van der Waals surface area contributed by atoms with Crippen LogP contribution in [0.5, 0.6) is 0 Å². The van der Waals surface area contributed by atoms with Gasteiger partial charge in [-0.15, -0.1) is 0 Å². The largest absolute Gasteiger partial charge is 0.340 e. The third-order valence-electron chi connectivity index (χ3n) is 6.11.